The first-order chi connectivity index (χ1) is 9.72. The second-order valence-corrected chi connectivity index (χ2v) is 4.76. The summed E-state index contributed by atoms with van der Waals surface area (Å²) >= 11 is 0. The van der Waals surface area contributed by atoms with Crippen LogP contribution >= 0.6 is 0 Å². The number of ether oxygens (including phenoxy) is 3. The molecule has 0 aromatic heterocycles. The highest BCUT2D eigenvalue weighted by molar-refractivity contribution is 5.74. The number of methoxy groups -OCH3 is 1. The first-order valence-electron chi connectivity index (χ1n) is 6.79. The Balaban J connectivity index is 2.05. The Morgan fingerprint density at radius 2 is 2.25 bits per heavy atom. The quantitative estimate of drug-likeness (QED) is 0.867. The zero-order valence-corrected chi connectivity index (χ0v) is 11.6. The van der Waals surface area contributed by atoms with Gasteiger partial charge in [0.2, 0.25) is 0 Å². The lowest BCUT2D eigenvalue weighted by Gasteiger charge is -2.23. The molecule has 1 fully saturated rings. The molecule has 1 aliphatic heterocycles. The molecule has 1 heterocycles. The van der Waals surface area contributed by atoms with Gasteiger partial charge in [-0.1, -0.05) is 24.3 Å². The van der Waals surface area contributed by atoms with Crippen LogP contribution in [0.15, 0.2) is 24.3 Å². The van der Waals surface area contributed by atoms with Crippen molar-refractivity contribution in [3.8, 4) is 0 Å². The van der Waals surface area contributed by atoms with E-state index in [0.717, 1.165) is 31.4 Å². The van der Waals surface area contributed by atoms with E-state index in [1.165, 1.54) is 7.11 Å². The minimum atomic E-state index is -1.01. The van der Waals surface area contributed by atoms with E-state index in [1.807, 2.05) is 12.1 Å². The van der Waals surface area contributed by atoms with Gasteiger partial charge in [-0.15, -0.1) is 0 Å². The summed E-state index contributed by atoms with van der Waals surface area (Å²) in [4.78, 5) is 11.2. The van der Waals surface area contributed by atoms with Crippen LogP contribution in [0, 0.1) is 0 Å². The Morgan fingerprint density at radius 1 is 1.45 bits per heavy atom. The molecule has 0 spiro atoms. The van der Waals surface area contributed by atoms with Crippen LogP contribution in [0.1, 0.15) is 36.5 Å². The third kappa shape index (κ3) is 3.79. The molecule has 1 aromatic rings. The minimum absolute atomic E-state index is 0.192. The molecule has 0 aliphatic carbocycles. The van der Waals surface area contributed by atoms with Gasteiger partial charge in [0, 0.05) is 13.7 Å². The molecule has 20 heavy (non-hydrogen) atoms. The smallest absolute Gasteiger partial charge is 0.337 e. The Hall–Kier alpha value is -1.43. The van der Waals surface area contributed by atoms with Gasteiger partial charge in [-0.05, 0) is 30.4 Å². The summed E-state index contributed by atoms with van der Waals surface area (Å²) in [6.45, 7) is 1.05. The first-order valence-corrected chi connectivity index (χ1v) is 6.79. The topological polar surface area (TPSA) is 65.0 Å². The number of hydrogen-bond donors (Lipinski definition) is 1. The number of aliphatic carboxylic acids is 1. The molecular weight excluding hydrogens is 260 g/mol. The van der Waals surface area contributed by atoms with Crippen molar-refractivity contribution in [3.63, 3.8) is 0 Å². The van der Waals surface area contributed by atoms with Crippen molar-refractivity contribution in [1.82, 2.24) is 0 Å². The highest BCUT2D eigenvalue weighted by atomic mass is 16.7. The molecule has 5 nitrogen and oxygen atoms in total. The third-order valence-electron chi connectivity index (χ3n) is 3.36. The Bertz CT molecular complexity index is 440. The average molecular weight is 280 g/mol. The molecule has 5 heteroatoms. The van der Waals surface area contributed by atoms with Gasteiger partial charge in [0.15, 0.2) is 12.4 Å². The molecule has 2 unspecified atom stereocenters. The fraction of sp³-hybridized carbons (Fsp3) is 0.533. The Morgan fingerprint density at radius 3 is 2.90 bits per heavy atom. The molecule has 1 aromatic carbocycles. The highest BCUT2D eigenvalue weighted by Crippen LogP contribution is 2.23. The van der Waals surface area contributed by atoms with Gasteiger partial charge < -0.3 is 19.3 Å². The lowest BCUT2D eigenvalue weighted by Crippen LogP contribution is -2.23. The van der Waals surface area contributed by atoms with Crippen LogP contribution in [0.5, 0.6) is 0 Å². The standard InChI is InChI=1S/C15H20O5/c1-18-14(15(16)17)12-7-3-2-6-11(12)10-20-13-8-4-5-9-19-13/h2-3,6-7,13-14H,4-5,8-10H2,1H3,(H,16,17). The van der Waals surface area contributed by atoms with Crippen molar-refractivity contribution in [2.24, 2.45) is 0 Å². The third-order valence-corrected chi connectivity index (χ3v) is 3.36. The first kappa shape index (κ1) is 15.0. The molecule has 0 bridgehead atoms. The predicted molar refractivity (Wildman–Crippen MR) is 72.2 cm³/mol. The lowest BCUT2D eigenvalue weighted by molar-refractivity contribution is -0.169. The predicted octanol–water partition coefficient (Wildman–Crippen LogP) is 2.50. The van der Waals surface area contributed by atoms with Crippen LogP contribution in [0.4, 0.5) is 0 Å². The van der Waals surface area contributed by atoms with Crippen molar-refractivity contribution in [2.45, 2.75) is 38.3 Å². The van der Waals surface area contributed by atoms with Gasteiger partial charge in [0.05, 0.1) is 6.61 Å². The summed E-state index contributed by atoms with van der Waals surface area (Å²) in [5.41, 5.74) is 1.44. The van der Waals surface area contributed by atoms with E-state index >= 15 is 0 Å². The van der Waals surface area contributed by atoms with Gasteiger partial charge in [0.25, 0.3) is 0 Å². The molecule has 0 radical (unpaired) electrons. The molecule has 1 aliphatic rings. The molecule has 1 N–H and O–H groups in total. The number of rotatable bonds is 6. The molecule has 0 amide bonds. The normalized spacial score (nSPS) is 20.6. The molecule has 2 atom stereocenters. The number of hydrogen-bond acceptors (Lipinski definition) is 4. The van der Waals surface area contributed by atoms with E-state index in [1.54, 1.807) is 12.1 Å². The Labute approximate surface area is 118 Å². The van der Waals surface area contributed by atoms with Crippen molar-refractivity contribution in [2.75, 3.05) is 13.7 Å². The summed E-state index contributed by atoms with van der Waals surface area (Å²) in [6, 6.07) is 7.26. The fourth-order valence-corrected chi connectivity index (χ4v) is 2.31. The summed E-state index contributed by atoms with van der Waals surface area (Å²) in [7, 11) is 1.39. The second kappa shape index (κ2) is 7.38. The van der Waals surface area contributed by atoms with E-state index in [4.69, 9.17) is 14.2 Å². The van der Waals surface area contributed by atoms with Gasteiger partial charge in [-0.3, -0.25) is 0 Å². The van der Waals surface area contributed by atoms with E-state index in [0.29, 0.717) is 12.2 Å². The summed E-state index contributed by atoms with van der Waals surface area (Å²) in [6.07, 6.45) is 1.89. The van der Waals surface area contributed by atoms with E-state index < -0.39 is 12.1 Å². The lowest BCUT2D eigenvalue weighted by atomic mass is 10.0. The maximum absolute atomic E-state index is 11.2. The van der Waals surface area contributed by atoms with Crippen LogP contribution in [0.3, 0.4) is 0 Å². The van der Waals surface area contributed by atoms with Crippen molar-refractivity contribution in [1.29, 1.82) is 0 Å². The summed E-state index contributed by atoms with van der Waals surface area (Å²) in [5.74, 6) is -1.01. The zero-order chi connectivity index (χ0) is 14.4. The van der Waals surface area contributed by atoms with E-state index in [9.17, 15) is 9.90 Å². The van der Waals surface area contributed by atoms with E-state index in [-0.39, 0.29) is 6.29 Å². The molecule has 0 saturated carbocycles. The van der Waals surface area contributed by atoms with Crippen molar-refractivity contribution >= 4 is 5.97 Å². The number of benzene rings is 1. The van der Waals surface area contributed by atoms with Crippen LogP contribution in [0.2, 0.25) is 0 Å². The van der Waals surface area contributed by atoms with Crippen LogP contribution < -0.4 is 0 Å². The molecule has 1 saturated heterocycles. The molecule has 2 rings (SSSR count). The van der Waals surface area contributed by atoms with Gasteiger partial charge in [0.1, 0.15) is 0 Å². The van der Waals surface area contributed by atoms with Crippen molar-refractivity contribution in [3.05, 3.63) is 35.4 Å². The van der Waals surface area contributed by atoms with E-state index in [2.05, 4.69) is 0 Å². The van der Waals surface area contributed by atoms with Crippen molar-refractivity contribution < 1.29 is 24.1 Å². The number of carbonyl (C=O) groups is 1. The summed E-state index contributed by atoms with van der Waals surface area (Å²) in [5, 5.41) is 9.18. The highest BCUT2D eigenvalue weighted by Gasteiger charge is 2.22. The molecule has 110 valence electrons. The van der Waals surface area contributed by atoms with Gasteiger partial charge in [-0.25, -0.2) is 4.79 Å². The monoisotopic (exact) mass is 280 g/mol. The second-order valence-electron chi connectivity index (χ2n) is 4.76. The van der Waals surface area contributed by atoms with Gasteiger partial charge in [-0.2, -0.15) is 0 Å². The largest absolute Gasteiger partial charge is 0.479 e. The average Bonchev–Trinajstić information content (AvgIpc) is 2.48. The van der Waals surface area contributed by atoms with Crippen LogP contribution in [-0.2, 0) is 25.6 Å². The molecular formula is C15H20O5. The van der Waals surface area contributed by atoms with Crippen LogP contribution in [0.25, 0.3) is 0 Å². The maximum atomic E-state index is 11.2. The SMILES string of the molecule is COC(C(=O)O)c1ccccc1COC1CCCCO1. The number of carboxylic acids is 1. The summed E-state index contributed by atoms with van der Waals surface area (Å²) < 4.78 is 16.3. The Kier molecular flexibility index (Phi) is 5.52. The minimum Gasteiger partial charge on any atom is -0.479 e. The number of carboxylic acid groups (broad SMARTS) is 1. The van der Waals surface area contributed by atoms with Crippen LogP contribution in [-0.4, -0.2) is 31.1 Å². The van der Waals surface area contributed by atoms with Gasteiger partial charge >= 0.3 is 5.97 Å². The zero-order valence-electron chi connectivity index (χ0n) is 11.6. The maximum Gasteiger partial charge on any atom is 0.337 e. The fourth-order valence-electron chi connectivity index (χ4n) is 2.31.